The van der Waals surface area contributed by atoms with Gasteiger partial charge in [-0.1, -0.05) is 13.8 Å². The Morgan fingerprint density at radius 2 is 1.83 bits per heavy atom. The van der Waals surface area contributed by atoms with Crippen LogP contribution in [0.3, 0.4) is 0 Å². The van der Waals surface area contributed by atoms with Gasteiger partial charge in [0.25, 0.3) is 0 Å². The zero-order valence-corrected chi connectivity index (χ0v) is 15.2. The first kappa shape index (κ1) is 15.6. The Hall–Kier alpha value is -0.640. The molecule has 0 radical (unpaired) electrons. The lowest BCUT2D eigenvalue weighted by Gasteiger charge is -2.57. The number of thiol groups is 1. The van der Waals surface area contributed by atoms with E-state index >= 15 is 0 Å². The molecule has 0 bridgehead atoms. The van der Waals surface area contributed by atoms with Crippen LogP contribution in [-0.4, -0.2) is 17.7 Å². The average Bonchev–Trinajstić information content (AvgIpc) is 3.32. The molecule has 0 N–H and O–H groups in total. The Balaban J connectivity index is 1.58. The summed E-state index contributed by atoms with van der Waals surface area (Å²) in [6.07, 6.45) is 3.87. The molecule has 5 aliphatic rings. The van der Waals surface area contributed by atoms with Crippen LogP contribution in [0, 0.1) is 40.4 Å². The maximum Gasteiger partial charge on any atom is 0.173 e. The summed E-state index contributed by atoms with van der Waals surface area (Å²) in [6, 6.07) is 0. The molecule has 0 amide bonds. The van der Waals surface area contributed by atoms with Crippen LogP contribution in [0.15, 0.2) is 10.5 Å². The molecule has 1 unspecified atom stereocenters. The van der Waals surface area contributed by atoms with Gasteiger partial charge in [0, 0.05) is 16.2 Å². The Kier molecular flexibility index (Phi) is 2.96. The molecule has 24 heavy (non-hydrogen) atoms. The minimum Gasteiger partial charge on any atom is -0.296 e. The van der Waals surface area contributed by atoms with Gasteiger partial charge in [-0.15, -0.1) is 12.6 Å². The molecule has 0 aromatic carbocycles. The van der Waals surface area contributed by atoms with Crippen molar-refractivity contribution >= 4 is 24.2 Å². The van der Waals surface area contributed by atoms with Crippen LogP contribution < -0.4 is 0 Å². The number of carbonyl (C=O) groups excluding carboxylic acids is 2. The Morgan fingerprint density at radius 3 is 2.58 bits per heavy atom. The summed E-state index contributed by atoms with van der Waals surface area (Å²) in [6.45, 7) is 4.36. The Bertz CT molecular complexity index is 700. The van der Waals surface area contributed by atoms with Crippen LogP contribution in [0.5, 0.6) is 0 Å². The summed E-state index contributed by atoms with van der Waals surface area (Å²) >= 11 is 4.61. The first-order valence-electron chi connectivity index (χ1n) is 9.45. The highest BCUT2D eigenvalue weighted by Crippen LogP contribution is 2.71. The van der Waals surface area contributed by atoms with Gasteiger partial charge in [0.05, 0.1) is 0 Å². The summed E-state index contributed by atoms with van der Waals surface area (Å²) in [5.41, 5.74) is 0.882. The first-order valence-corrected chi connectivity index (χ1v) is 9.90. The zero-order valence-electron chi connectivity index (χ0n) is 14.3. The van der Waals surface area contributed by atoms with Crippen molar-refractivity contribution in [3.63, 3.8) is 0 Å². The van der Waals surface area contributed by atoms with E-state index in [0.717, 1.165) is 37.0 Å². The van der Waals surface area contributed by atoms with Gasteiger partial charge in [-0.2, -0.15) is 0 Å². The lowest BCUT2D eigenvalue weighted by Crippen LogP contribution is -2.52. The summed E-state index contributed by atoms with van der Waals surface area (Å²) < 4.78 is 14.2. The van der Waals surface area contributed by atoms with Crippen LogP contribution in [-0.2, 0) is 9.59 Å². The van der Waals surface area contributed by atoms with Crippen LogP contribution in [0.2, 0.25) is 0 Å². The quantitative estimate of drug-likeness (QED) is 0.667. The third kappa shape index (κ3) is 1.60. The minimum atomic E-state index is -1.26. The molecule has 4 saturated carbocycles. The number of Topliss-reactive ketones (excluding diaryl/α,β-unsaturated/α-hetero) is 2. The third-order valence-electron chi connectivity index (χ3n) is 8.70. The molecule has 5 rings (SSSR count). The number of alkyl halides is 1. The second-order valence-corrected chi connectivity index (χ2v) is 9.81. The van der Waals surface area contributed by atoms with Crippen LogP contribution in [0.1, 0.15) is 52.4 Å². The molecule has 5 aliphatic carbocycles. The van der Waals surface area contributed by atoms with E-state index in [4.69, 9.17) is 0 Å². The maximum absolute atomic E-state index is 14.2. The van der Waals surface area contributed by atoms with Gasteiger partial charge in [0.1, 0.15) is 0 Å². The molecular weight excluding hydrogens is 323 g/mol. The Labute approximate surface area is 148 Å². The van der Waals surface area contributed by atoms with E-state index < -0.39 is 11.6 Å². The fraction of sp³-hybridized carbons (Fsp3) is 0.800. The number of carbonyl (C=O) groups is 2. The molecule has 0 aromatic rings. The SMILES string of the molecule is C[C@]12CC[C@H]3[C@@H](CCC4=C(S)C(=O)[C@H]5CC5[C@@]43C)[C@@H]1C[C@@H](F)C2=O. The molecule has 4 fully saturated rings. The van der Waals surface area contributed by atoms with Gasteiger partial charge in [0.2, 0.25) is 0 Å². The molecule has 0 heterocycles. The van der Waals surface area contributed by atoms with Crippen molar-refractivity contribution < 1.29 is 14.0 Å². The largest absolute Gasteiger partial charge is 0.296 e. The van der Waals surface area contributed by atoms with Crippen molar-refractivity contribution in [2.75, 3.05) is 0 Å². The standard InChI is InChI=1S/C20H25FO2S/c1-19-6-5-11-9(13(19)8-15(21)18(19)23)3-4-12-17(24)16(22)10-7-14(10)20(11,12)2/h9-11,13-15,24H,3-8H2,1-2H3/t9-,10+,11+,13+,14?,15-,19+,20-/m1/s1. The molecule has 8 atom stereocenters. The topological polar surface area (TPSA) is 34.1 Å². The lowest BCUT2D eigenvalue weighted by molar-refractivity contribution is -0.135. The summed E-state index contributed by atoms with van der Waals surface area (Å²) in [5, 5.41) is 0. The van der Waals surface area contributed by atoms with Crippen LogP contribution >= 0.6 is 12.6 Å². The molecule has 4 heteroatoms. The molecule has 0 aliphatic heterocycles. The van der Waals surface area contributed by atoms with E-state index in [2.05, 4.69) is 19.6 Å². The zero-order chi connectivity index (χ0) is 17.0. The van der Waals surface area contributed by atoms with Gasteiger partial charge in [0.15, 0.2) is 17.7 Å². The normalized spacial score (nSPS) is 55.7. The van der Waals surface area contributed by atoms with E-state index in [1.165, 1.54) is 5.57 Å². The van der Waals surface area contributed by atoms with E-state index in [-0.39, 0.29) is 28.8 Å². The van der Waals surface area contributed by atoms with Crippen molar-refractivity contribution in [1.29, 1.82) is 0 Å². The number of rotatable bonds is 0. The number of hydrogen-bond donors (Lipinski definition) is 1. The second-order valence-electron chi connectivity index (χ2n) is 9.36. The van der Waals surface area contributed by atoms with Gasteiger partial charge in [-0.3, -0.25) is 9.59 Å². The lowest BCUT2D eigenvalue weighted by atomic mass is 9.47. The van der Waals surface area contributed by atoms with Gasteiger partial charge < -0.3 is 0 Å². The molecule has 130 valence electrons. The van der Waals surface area contributed by atoms with Crippen molar-refractivity contribution in [3.05, 3.63) is 10.5 Å². The average molecular weight is 348 g/mol. The predicted octanol–water partition coefficient (Wildman–Crippen LogP) is 4.15. The van der Waals surface area contributed by atoms with E-state index in [9.17, 15) is 14.0 Å². The molecule has 0 aromatic heterocycles. The number of ketones is 2. The van der Waals surface area contributed by atoms with Crippen molar-refractivity contribution in [1.82, 2.24) is 0 Å². The molecule has 0 saturated heterocycles. The Morgan fingerprint density at radius 1 is 1.08 bits per heavy atom. The highest BCUT2D eigenvalue weighted by atomic mass is 32.1. The molecule has 2 nitrogen and oxygen atoms in total. The first-order chi connectivity index (χ1) is 11.3. The summed E-state index contributed by atoms with van der Waals surface area (Å²) in [7, 11) is 0. The monoisotopic (exact) mass is 348 g/mol. The number of hydrogen-bond acceptors (Lipinski definition) is 3. The molecular formula is C20H25FO2S. The van der Waals surface area contributed by atoms with Crippen molar-refractivity contribution in [2.24, 2.45) is 40.4 Å². The smallest absolute Gasteiger partial charge is 0.173 e. The van der Waals surface area contributed by atoms with Gasteiger partial charge >= 0.3 is 0 Å². The fourth-order valence-corrected chi connectivity index (χ4v) is 7.85. The number of allylic oxidation sites excluding steroid dienone is 1. The number of halogens is 1. The molecule has 0 spiro atoms. The van der Waals surface area contributed by atoms with Crippen molar-refractivity contribution in [2.45, 2.75) is 58.5 Å². The third-order valence-corrected chi connectivity index (χ3v) is 9.19. The van der Waals surface area contributed by atoms with Gasteiger partial charge in [-0.25, -0.2) is 4.39 Å². The van der Waals surface area contributed by atoms with Crippen LogP contribution in [0.25, 0.3) is 0 Å². The van der Waals surface area contributed by atoms with Crippen molar-refractivity contribution in [3.8, 4) is 0 Å². The van der Waals surface area contributed by atoms with Crippen LogP contribution in [0.4, 0.5) is 4.39 Å². The second kappa shape index (κ2) is 4.55. The maximum atomic E-state index is 14.2. The highest BCUT2D eigenvalue weighted by Gasteiger charge is 2.68. The number of fused-ring (bicyclic) bond motifs is 7. The van der Waals surface area contributed by atoms with E-state index in [1.807, 2.05) is 6.92 Å². The highest BCUT2D eigenvalue weighted by molar-refractivity contribution is 7.85. The van der Waals surface area contributed by atoms with Gasteiger partial charge in [-0.05, 0) is 73.2 Å². The summed E-state index contributed by atoms with van der Waals surface area (Å²) in [4.78, 5) is 25.6. The summed E-state index contributed by atoms with van der Waals surface area (Å²) in [5.74, 6) is 1.87. The van der Waals surface area contributed by atoms with E-state index in [1.54, 1.807) is 0 Å². The minimum absolute atomic E-state index is 0.0529. The van der Waals surface area contributed by atoms with E-state index in [0.29, 0.717) is 24.2 Å². The predicted molar refractivity (Wildman–Crippen MR) is 92.3 cm³/mol. The fourth-order valence-electron chi connectivity index (χ4n) is 7.33.